The maximum absolute atomic E-state index is 13.1. The van der Waals surface area contributed by atoms with Crippen LogP contribution in [-0.4, -0.2) is 36.1 Å². The van der Waals surface area contributed by atoms with Crippen LogP contribution in [0.2, 0.25) is 0 Å². The maximum atomic E-state index is 13.1. The fourth-order valence-electron chi connectivity index (χ4n) is 3.45. The minimum atomic E-state index is -0.978. The SMILES string of the molecule is CCCCC[C@@H](CC(=O)O)C(=O)N1CC(C(=O)OCC)c2ccccc21. The first kappa shape index (κ1) is 19.9. The predicted octanol–water partition coefficient (Wildman–Crippen LogP) is 3.35. The van der Waals surface area contributed by atoms with Crippen molar-refractivity contribution in [3.63, 3.8) is 0 Å². The van der Waals surface area contributed by atoms with Gasteiger partial charge < -0.3 is 14.7 Å². The Morgan fingerprint density at radius 1 is 1.23 bits per heavy atom. The quantitative estimate of drug-likeness (QED) is 0.539. The van der Waals surface area contributed by atoms with E-state index in [0.717, 1.165) is 24.8 Å². The summed E-state index contributed by atoms with van der Waals surface area (Å²) < 4.78 is 5.14. The van der Waals surface area contributed by atoms with Crippen molar-refractivity contribution < 1.29 is 24.2 Å². The molecule has 6 nitrogen and oxygen atoms in total. The lowest BCUT2D eigenvalue weighted by molar-refractivity contribution is -0.144. The van der Waals surface area contributed by atoms with Gasteiger partial charge in [0.05, 0.1) is 13.0 Å². The van der Waals surface area contributed by atoms with Gasteiger partial charge in [-0.25, -0.2) is 0 Å². The molecule has 0 bridgehead atoms. The molecule has 0 saturated carbocycles. The number of ether oxygens (including phenoxy) is 1. The Labute approximate surface area is 154 Å². The molecule has 0 saturated heterocycles. The predicted molar refractivity (Wildman–Crippen MR) is 98.1 cm³/mol. The molecule has 2 rings (SSSR count). The summed E-state index contributed by atoms with van der Waals surface area (Å²) in [5, 5.41) is 9.19. The monoisotopic (exact) mass is 361 g/mol. The molecule has 1 N–H and O–H groups in total. The zero-order chi connectivity index (χ0) is 19.1. The maximum Gasteiger partial charge on any atom is 0.315 e. The number of carbonyl (C=O) groups excluding carboxylic acids is 2. The summed E-state index contributed by atoms with van der Waals surface area (Å²) in [5.41, 5.74) is 1.45. The second kappa shape index (κ2) is 9.36. The van der Waals surface area contributed by atoms with Gasteiger partial charge in [-0.15, -0.1) is 0 Å². The van der Waals surface area contributed by atoms with E-state index in [9.17, 15) is 19.5 Å². The van der Waals surface area contributed by atoms with Crippen LogP contribution in [-0.2, 0) is 19.1 Å². The van der Waals surface area contributed by atoms with E-state index in [2.05, 4.69) is 6.92 Å². The highest BCUT2D eigenvalue weighted by atomic mass is 16.5. The van der Waals surface area contributed by atoms with Gasteiger partial charge in [0.25, 0.3) is 0 Å². The lowest BCUT2D eigenvalue weighted by Gasteiger charge is -2.23. The molecule has 6 heteroatoms. The first-order valence-corrected chi connectivity index (χ1v) is 9.28. The van der Waals surface area contributed by atoms with Crippen molar-refractivity contribution in [2.75, 3.05) is 18.1 Å². The molecule has 1 heterocycles. The lowest BCUT2D eigenvalue weighted by Crippen LogP contribution is -2.37. The summed E-state index contributed by atoms with van der Waals surface area (Å²) >= 11 is 0. The molecular weight excluding hydrogens is 334 g/mol. The number of carboxylic acid groups (broad SMARTS) is 1. The Bertz CT molecular complexity index is 657. The number of hydrogen-bond acceptors (Lipinski definition) is 4. The third kappa shape index (κ3) is 4.62. The molecule has 1 unspecified atom stereocenters. The highest BCUT2D eigenvalue weighted by Crippen LogP contribution is 2.38. The third-order valence-electron chi connectivity index (χ3n) is 4.73. The smallest absolute Gasteiger partial charge is 0.315 e. The average Bonchev–Trinajstić information content (AvgIpc) is 3.00. The van der Waals surface area contributed by atoms with Crippen LogP contribution in [0.3, 0.4) is 0 Å². The highest BCUT2D eigenvalue weighted by Gasteiger charge is 2.39. The van der Waals surface area contributed by atoms with Crippen LogP contribution in [0, 0.1) is 5.92 Å². The summed E-state index contributed by atoms with van der Waals surface area (Å²) in [5.74, 6) is -2.64. The second-order valence-electron chi connectivity index (χ2n) is 6.60. The van der Waals surface area contributed by atoms with Crippen molar-refractivity contribution in [1.82, 2.24) is 0 Å². The molecule has 0 fully saturated rings. The zero-order valence-electron chi connectivity index (χ0n) is 15.4. The number of para-hydroxylation sites is 1. The Hall–Kier alpha value is -2.37. The molecular formula is C20H27NO5. The van der Waals surface area contributed by atoms with Gasteiger partial charge in [0.1, 0.15) is 5.92 Å². The van der Waals surface area contributed by atoms with Gasteiger partial charge in [0, 0.05) is 18.2 Å². The Kier molecular flexibility index (Phi) is 7.18. The van der Waals surface area contributed by atoms with E-state index in [-0.39, 0.29) is 31.4 Å². The van der Waals surface area contributed by atoms with Crippen LogP contribution in [0.5, 0.6) is 0 Å². The van der Waals surface area contributed by atoms with E-state index < -0.39 is 17.8 Å². The molecule has 26 heavy (non-hydrogen) atoms. The fraction of sp³-hybridized carbons (Fsp3) is 0.550. The summed E-state index contributed by atoms with van der Waals surface area (Å²) in [6.07, 6.45) is 3.14. The van der Waals surface area contributed by atoms with Gasteiger partial charge in [0.15, 0.2) is 0 Å². The Balaban J connectivity index is 2.23. The molecule has 0 aliphatic carbocycles. The van der Waals surface area contributed by atoms with Crippen LogP contribution < -0.4 is 4.90 Å². The summed E-state index contributed by atoms with van der Waals surface area (Å²) in [6, 6.07) is 7.27. The third-order valence-corrected chi connectivity index (χ3v) is 4.73. The second-order valence-corrected chi connectivity index (χ2v) is 6.60. The van der Waals surface area contributed by atoms with Gasteiger partial charge >= 0.3 is 11.9 Å². The van der Waals surface area contributed by atoms with Crippen LogP contribution in [0.1, 0.15) is 57.4 Å². The molecule has 0 aromatic heterocycles. The van der Waals surface area contributed by atoms with E-state index >= 15 is 0 Å². The fourth-order valence-corrected chi connectivity index (χ4v) is 3.45. The Morgan fingerprint density at radius 2 is 1.96 bits per heavy atom. The largest absolute Gasteiger partial charge is 0.481 e. The number of aliphatic carboxylic acids is 1. The molecule has 1 aliphatic rings. The van der Waals surface area contributed by atoms with Gasteiger partial charge in [-0.3, -0.25) is 14.4 Å². The van der Waals surface area contributed by atoms with Crippen LogP contribution in [0.25, 0.3) is 0 Å². The number of carboxylic acids is 1. The molecule has 1 aromatic carbocycles. The zero-order valence-corrected chi connectivity index (χ0v) is 15.4. The minimum absolute atomic E-state index is 0.189. The number of benzene rings is 1. The van der Waals surface area contributed by atoms with Gasteiger partial charge in [-0.1, -0.05) is 44.4 Å². The van der Waals surface area contributed by atoms with E-state index in [4.69, 9.17) is 4.74 Å². The summed E-state index contributed by atoms with van der Waals surface area (Å²) in [6.45, 7) is 4.30. The first-order chi connectivity index (χ1) is 12.5. The number of nitrogens with zero attached hydrogens (tertiary/aromatic N) is 1. The number of carbonyl (C=O) groups is 3. The number of hydrogen-bond donors (Lipinski definition) is 1. The van der Waals surface area contributed by atoms with E-state index in [1.54, 1.807) is 17.9 Å². The summed E-state index contributed by atoms with van der Waals surface area (Å²) in [7, 11) is 0. The highest BCUT2D eigenvalue weighted by molar-refractivity contribution is 6.01. The minimum Gasteiger partial charge on any atom is -0.481 e. The molecule has 142 valence electrons. The number of fused-ring (bicyclic) bond motifs is 1. The molecule has 0 radical (unpaired) electrons. The van der Waals surface area contributed by atoms with Crippen LogP contribution >= 0.6 is 0 Å². The van der Waals surface area contributed by atoms with E-state index in [0.29, 0.717) is 12.1 Å². The topological polar surface area (TPSA) is 83.9 Å². The molecule has 1 amide bonds. The van der Waals surface area contributed by atoms with Gasteiger partial charge in [0.2, 0.25) is 5.91 Å². The van der Waals surface area contributed by atoms with Crippen molar-refractivity contribution in [3.8, 4) is 0 Å². The number of rotatable bonds is 9. The average molecular weight is 361 g/mol. The Morgan fingerprint density at radius 3 is 2.62 bits per heavy atom. The standard InChI is InChI=1S/C20H27NO5/c1-3-5-6-9-14(12-18(22)23)19(24)21-13-16(20(25)26-4-2)15-10-7-8-11-17(15)21/h7-8,10-11,14,16H,3-6,9,12-13H2,1-2H3,(H,22,23)/t14-,16?/m0/s1. The molecule has 0 spiro atoms. The van der Waals surface area contributed by atoms with Gasteiger partial charge in [-0.2, -0.15) is 0 Å². The summed E-state index contributed by atoms with van der Waals surface area (Å²) in [4.78, 5) is 38.1. The molecule has 1 aromatic rings. The lowest BCUT2D eigenvalue weighted by atomic mass is 9.96. The molecule has 1 aliphatic heterocycles. The van der Waals surface area contributed by atoms with Crippen LogP contribution in [0.15, 0.2) is 24.3 Å². The number of anilines is 1. The van der Waals surface area contributed by atoms with Crippen molar-refractivity contribution >= 4 is 23.5 Å². The van der Waals surface area contributed by atoms with Crippen molar-refractivity contribution in [2.45, 2.75) is 51.9 Å². The van der Waals surface area contributed by atoms with Crippen LogP contribution in [0.4, 0.5) is 5.69 Å². The van der Waals surface area contributed by atoms with Gasteiger partial charge in [-0.05, 0) is 25.0 Å². The normalized spacial score (nSPS) is 16.8. The van der Waals surface area contributed by atoms with E-state index in [1.165, 1.54) is 0 Å². The number of esters is 1. The molecule has 2 atom stereocenters. The van der Waals surface area contributed by atoms with Crippen molar-refractivity contribution in [2.24, 2.45) is 5.92 Å². The number of amides is 1. The van der Waals surface area contributed by atoms with Crippen molar-refractivity contribution in [1.29, 1.82) is 0 Å². The number of unbranched alkanes of at least 4 members (excludes halogenated alkanes) is 2. The van der Waals surface area contributed by atoms with Crippen molar-refractivity contribution in [3.05, 3.63) is 29.8 Å². The van der Waals surface area contributed by atoms with E-state index in [1.807, 2.05) is 18.2 Å². The first-order valence-electron chi connectivity index (χ1n) is 9.28.